The molecule has 22 heavy (non-hydrogen) atoms. The highest BCUT2D eigenvalue weighted by atomic mass is 32.2. The Morgan fingerprint density at radius 3 is 2.68 bits per heavy atom. The van der Waals surface area contributed by atoms with Gasteiger partial charge in [-0.2, -0.15) is 0 Å². The first kappa shape index (κ1) is 14.6. The van der Waals surface area contributed by atoms with Crippen LogP contribution in [0.2, 0.25) is 0 Å². The number of benzene rings is 1. The zero-order valence-electron chi connectivity index (χ0n) is 11.2. The number of non-ortho nitro benzene ring substituents is 1. The van der Waals surface area contributed by atoms with Crippen molar-refractivity contribution >= 4 is 28.8 Å². The van der Waals surface area contributed by atoms with E-state index in [-0.39, 0.29) is 10.9 Å². The van der Waals surface area contributed by atoms with Crippen molar-refractivity contribution in [3.63, 3.8) is 0 Å². The fourth-order valence-electron chi connectivity index (χ4n) is 1.66. The fourth-order valence-corrected chi connectivity index (χ4v) is 3.31. The van der Waals surface area contributed by atoms with Crippen LogP contribution in [0.4, 0.5) is 5.69 Å². The van der Waals surface area contributed by atoms with Gasteiger partial charge in [0.15, 0.2) is 4.34 Å². The molecule has 3 rings (SSSR count). The summed E-state index contributed by atoms with van der Waals surface area (Å²) in [6, 6.07) is 5.97. The van der Waals surface area contributed by atoms with E-state index in [9.17, 15) is 10.1 Å². The van der Waals surface area contributed by atoms with Crippen molar-refractivity contribution in [3.8, 4) is 11.5 Å². The lowest BCUT2D eigenvalue weighted by molar-refractivity contribution is -0.384. The Kier molecular flexibility index (Phi) is 4.11. The van der Waals surface area contributed by atoms with Gasteiger partial charge in [-0.3, -0.25) is 10.1 Å². The Labute approximate surface area is 132 Å². The molecule has 0 saturated carbocycles. The van der Waals surface area contributed by atoms with Gasteiger partial charge in [0.05, 0.1) is 10.2 Å². The molecule has 1 atom stereocenters. The molecule has 0 spiro atoms. The minimum absolute atomic E-state index is 0.0173. The van der Waals surface area contributed by atoms with Crippen LogP contribution in [0.5, 0.6) is 0 Å². The molecule has 0 bridgehead atoms. The highest BCUT2D eigenvalue weighted by Gasteiger charge is 2.18. The van der Waals surface area contributed by atoms with Crippen LogP contribution >= 0.6 is 23.1 Å². The van der Waals surface area contributed by atoms with Crippen LogP contribution in [0.25, 0.3) is 11.5 Å². The van der Waals surface area contributed by atoms with E-state index in [2.05, 4.69) is 20.4 Å². The van der Waals surface area contributed by atoms with Gasteiger partial charge in [-0.05, 0) is 19.1 Å². The molecular formula is C12H9N5O3S2. The molecule has 0 radical (unpaired) electrons. The molecule has 1 aromatic carbocycles. The van der Waals surface area contributed by atoms with E-state index >= 15 is 0 Å². The van der Waals surface area contributed by atoms with Crippen molar-refractivity contribution in [3.05, 3.63) is 45.8 Å². The maximum absolute atomic E-state index is 10.6. The normalized spacial score (nSPS) is 12.2. The van der Waals surface area contributed by atoms with E-state index in [4.69, 9.17) is 4.42 Å². The first-order chi connectivity index (χ1) is 10.6. The van der Waals surface area contributed by atoms with E-state index in [0.717, 1.165) is 4.34 Å². The van der Waals surface area contributed by atoms with Crippen molar-refractivity contribution < 1.29 is 9.34 Å². The van der Waals surface area contributed by atoms with Gasteiger partial charge in [0.1, 0.15) is 5.51 Å². The predicted octanol–water partition coefficient (Wildman–Crippen LogP) is 3.35. The van der Waals surface area contributed by atoms with Crippen molar-refractivity contribution in [1.82, 2.24) is 20.4 Å². The lowest BCUT2D eigenvalue weighted by Crippen LogP contribution is -1.88. The Morgan fingerprint density at radius 2 is 2.05 bits per heavy atom. The zero-order valence-corrected chi connectivity index (χ0v) is 12.9. The summed E-state index contributed by atoms with van der Waals surface area (Å²) < 4.78 is 6.45. The first-order valence-corrected chi connectivity index (χ1v) is 7.90. The molecule has 2 heterocycles. The summed E-state index contributed by atoms with van der Waals surface area (Å²) in [6.07, 6.45) is 0. The lowest BCUT2D eigenvalue weighted by Gasteiger charge is -2.02. The first-order valence-electron chi connectivity index (χ1n) is 6.14. The maximum Gasteiger partial charge on any atom is 0.269 e. The average molecular weight is 335 g/mol. The summed E-state index contributed by atoms with van der Waals surface area (Å²) in [5.41, 5.74) is 2.31. The van der Waals surface area contributed by atoms with Crippen LogP contribution < -0.4 is 0 Å². The fraction of sp³-hybridized carbons (Fsp3) is 0.167. The molecular weight excluding hydrogens is 326 g/mol. The predicted molar refractivity (Wildman–Crippen MR) is 80.6 cm³/mol. The summed E-state index contributed by atoms with van der Waals surface area (Å²) in [5.74, 6) is 0.795. The zero-order chi connectivity index (χ0) is 15.5. The lowest BCUT2D eigenvalue weighted by atomic mass is 10.2. The molecule has 0 aliphatic carbocycles. The molecule has 0 fully saturated rings. The minimum Gasteiger partial charge on any atom is -0.419 e. The molecule has 0 aliphatic heterocycles. The third kappa shape index (κ3) is 3.12. The number of rotatable bonds is 5. The molecule has 0 amide bonds. The Bertz CT molecular complexity index is 772. The number of nitro benzene ring substituents is 1. The van der Waals surface area contributed by atoms with E-state index in [1.807, 2.05) is 6.92 Å². The van der Waals surface area contributed by atoms with Crippen molar-refractivity contribution in [2.24, 2.45) is 0 Å². The van der Waals surface area contributed by atoms with Crippen LogP contribution in [0.15, 0.2) is 38.5 Å². The van der Waals surface area contributed by atoms with Gasteiger partial charge in [0, 0.05) is 17.7 Å². The highest BCUT2D eigenvalue weighted by Crippen LogP contribution is 2.35. The molecule has 0 aliphatic rings. The van der Waals surface area contributed by atoms with Crippen molar-refractivity contribution in [1.29, 1.82) is 0 Å². The number of nitro groups is 1. The molecule has 10 heteroatoms. The summed E-state index contributed by atoms with van der Waals surface area (Å²) >= 11 is 2.92. The number of aromatic nitrogens is 4. The monoisotopic (exact) mass is 335 g/mol. The third-order valence-electron chi connectivity index (χ3n) is 2.73. The second kappa shape index (κ2) is 6.20. The summed E-state index contributed by atoms with van der Waals surface area (Å²) in [5, 5.41) is 26.3. The topological polar surface area (TPSA) is 108 Å². The van der Waals surface area contributed by atoms with Gasteiger partial charge in [0.2, 0.25) is 11.8 Å². The standard InChI is InChI=1S/C12H9N5O3S2/c1-7(22-12-16-13-6-21-12)10-14-15-11(20-10)8-2-4-9(5-3-8)17(18)19/h2-7H,1H3/t7-/m0/s1. The van der Waals surface area contributed by atoms with Gasteiger partial charge < -0.3 is 4.42 Å². The number of hydrogen-bond donors (Lipinski definition) is 0. The van der Waals surface area contributed by atoms with E-state index < -0.39 is 4.92 Å². The van der Waals surface area contributed by atoms with Crippen LogP contribution in [0.1, 0.15) is 18.1 Å². The quantitative estimate of drug-likeness (QED) is 0.397. The molecule has 0 unspecified atom stereocenters. The Balaban J connectivity index is 1.76. The molecule has 0 saturated heterocycles. The molecule has 112 valence electrons. The Morgan fingerprint density at radius 1 is 1.27 bits per heavy atom. The van der Waals surface area contributed by atoms with Gasteiger partial charge in [0.25, 0.3) is 5.69 Å². The number of thioether (sulfide) groups is 1. The van der Waals surface area contributed by atoms with Crippen LogP contribution in [-0.2, 0) is 0 Å². The smallest absolute Gasteiger partial charge is 0.269 e. The van der Waals surface area contributed by atoms with E-state index in [0.29, 0.717) is 17.3 Å². The second-order valence-electron chi connectivity index (χ2n) is 4.21. The third-order valence-corrected chi connectivity index (χ3v) is 4.63. The van der Waals surface area contributed by atoms with Crippen LogP contribution in [-0.4, -0.2) is 25.3 Å². The molecule has 8 nitrogen and oxygen atoms in total. The summed E-state index contributed by atoms with van der Waals surface area (Å²) in [6.45, 7) is 1.93. The average Bonchev–Trinajstić information content (AvgIpc) is 3.18. The second-order valence-corrected chi connectivity index (χ2v) is 6.64. The van der Waals surface area contributed by atoms with Crippen molar-refractivity contribution in [2.75, 3.05) is 0 Å². The van der Waals surface area contributed by atoms with Crippen molar-refractivity contribution in [2.45, 2.75) is 16.5 Å². The largest absolute Gasteiger partial charge is 0.419 e. The van der Waals surface area contributed by atoms with E-state index in [1.165, 1.54) is 35.2 Å². The SMILES string of the molecule is C[C@H](Sc1nncs1)c1nnc(-c2ccc([N+](=O)[O-])cc2)o1. The van der Waals surface area contributed by atoms with Crippen LogP contribution in [0.3, 0.4) is 0 Å². The summed E-state index contributed by atoms with van der Waals surface area (Å²) in [7, 11) is 0. The molecule has 0 N–H and O–H groups in total. The van der Waals surface area contributed by atoms with Gasteiger partial charge in [-0.25, -0.2) is 0 Å². The Hall–Kier alpha value is -2.33. The van der Waals surface area contributed by atoms with E-state index in [1.54, 1.807) is 17.6 Å². The number of hydrogen-bond acceptors (Lipinski definition) is 9. The number of nitrogens with zero attached hydrogens (tertiary/aromatic N) is 5. The van der Waals surface area contributed by atoms with Gasteiger partial charge >= 0.3 is 0 Å². The highest BCUT2D eigenvalue weighted by molar-refractivity contribution is 8.01. The minimum atomic E-state index is -0.455. The van der Waals surface area contributed by atoms with Gasteiger partial charge in [-0.15, -0.1) is 20.4 Å². The van der Waals surface area contributed by atoms with Gasteiger partial charge in [-0.1, -0.05) is 23.1 Å². The summed E-state index contributed by atoms with van der Waals surface area (Å²) in [4.78, 5) is 10.2. The van der Waals surface area contributed by atoms with Crippen LogP contribution in [0, 0.1) is 10.1 Å². The molecule has 3 aromatic rings. The molecule has 2 aromatic heterocycles. The maximum atomic E-state index is 10.6.